The molecule has 1 fully saturated rings. The average Bonchev–Trinajstić information content (AvgIpc) is 2.77. The summed E-state index contributed by atoms with van der Waals surface area (Å²) >= 11 is 0. The first kappa shape index (κ1) is 15.0. The molecule has 4 unspecified atom stereocenters. The van der Waals surface area contributed by atoms with E-state index in [1.54, 1.807) is 0 Å². The van der Waals surface area contributed by atoms with Crippen LogP contribution in [0.4, 0.5) is 0 Å². The van der Waals surface area contributed by atoms with Crippen LogP contribution in [0.1, 0.15) is 18.9 Å². The predicted octanol–water partition coefficient (Wildman–Crippen LogP) is 1.10. The van der Waals surface area contributed by atoms with Crippen molar-refractivity contribution in [3.05, 3.63) is 35.9 Å². The van der Waals surface area contributed by atoms with Gasteiger partial charge in [-0.05, 0) is 18.4 Å². The first-order valence-electron chi connectivity index (χ1n) is 6.98. The van der Waals surface area contributed by atoms with Crippen LogP contribution in [0.15, 0.2) is 35.3 Å². The Kier molecular flexibility index (Phi) is 5.52. The van der Waals surface area contributed by atoms with Crippen LogP contribution in [0, 0.1) is 0 Å². The third-order valence-corrected chi connectivity index (χ3v) is 3.49. The second-order valence-corrected chi connectivity index (χ2v) is 4.83. The summed E-state index contributed by atoms with van der Waals surface area (Å²) in [6.45, 7) is 2.48. The van der Waals surface area contributed by atoms with Gasteiger partial charge >= 0.3 is 0 Å². The molecular weight excluding hydrogens is 256 g/mol. The van der Waals surface area contributed by atoms with E-state index in [0.717, 1.165) is 12.8 Å². The summed E-state index contributed by atoms with van der Waals surface area (Å²) in [6.07, 6.45) is 0.827. The van der Waals surface area contributed by atoms with Gasteiger partial charge in [0.2, 0.25) is 0 Å². The summed E-state index contributed by atoms with van der Waals surface area (Å²) < 4.78 is 11.4. The first-order valence-corrected chi connectivity index (χ1v) is 6.98. The number of nitrogens with two attached hydrogens (primary N) is 1. The van der Waals surface area contributed by atoms with E-state index in [4.69, 9.17) is 15.2 Å². The van der Waals surface area contributed by atoms with Gasteiger partial charge in [0.1, 0.15) is 12.2 Å². The molecule has 1 saturated heterocycles. The second kappa shape index (κ2) is 7.38. The SMILES string of the molecule is CCC1OC(N=CN)C(OCCc2ccccc2)C1O. The highest BCUT2D eigenvalue weighted by Crippen LogP contribution is 2.26. The lowest BCUT2D eigenvalue weighted by atomic mass is 10.1. The molecule has 1 aliphatic rings. The number of nitrogens with zero attached hydrogens (tertiary/aromatic N) is 1. The molecule has 0 bridgehead atoms. The number of hydrogen-bond donors (Lipinski definition) is 2. The molecule has 1 aliphatic heterocycles. The van der Waals surface area contributed by atoms with Crippen molar-refractivity contribution in [2.24, 2.45) is 10.7 Å². The Bertz CT molecular complexity index is 424. The largest absolute Gasteiger partial charge is 0.390 e. The quantitative estimate of drug-likeness (QED) is 0.603. The van der Waals surface area contributed by atoms with Crippen molar-refractivity contribution < 1.29 is 14.6 Å². The minimum atomic E-state index is -0.663. The van der Waals surface area contributed by atoms with Crippen LogP contribution in [-0.2, 0) is 15.9 Å². The number of rotatable bonds is 6. The fraction of sp³-hybridized carbons (Fsp3) is 0.533. The highest BCUT2D eigenvalue weighted by molar-refractivity contribution is 5.51. The van der Waals surface area contributed by atoms with Gasteiger partial charge in [-0.3, -0.25) is 0 Å². The van der Waals surface area contributed by atoms with E-state index in [1.807, 2.05) is 25.1 Å². The molecule has 20 heavy (non-hydrogen) atoms. The molecular formula is C15H22N2O3. The molecule has 0 saturated carbocycles. The van der Waals surface area contributed by atoms with Gasteiger partial charge in [0.25, 0.3) is 0 Å². The average molecular weight is 278 g/mol. The molecule has 0 aliphatic carbocycles. The molecule has 5 heteroatoms. The summed E-state index contributed by atoms with van der Waals surface area (Å²) in [5.74, 6) is 0. The van der Waals surface area contributed by atoms with Crippen LogP contribution >= 0.6 is 0 Å². The van der Waals surface area contributed by atoms with E-state index in [0.29, 0.717) is 6.61 Å². The van der Waals surface area contributed by atoms with Gasteiger partial charge in [-0.15, -0.1) is 0 Å². The molecule has 3 N–H and O–H groups in total. The molecule has 0 radical (unpaired) electrons. The van der Waals surface area contributed by atoms with Gasteiger partial charge in [0.15, 0.2) is 6.23 Å². The van der Waals surface area contributed by atoms with Crippen molar-refractivity contribution in [1.29, 1.82) is 0 Å². The Morgan fingerprint density at radius 2 is 2.15 bits per heavy atom. The van der Waals surface area contributed by atoms with Crippen molar-refractivity contribution in [3.8, 4) is 0 Å². The molecule has 1 heterocycles. The van der Waals surface area contributed by atoms with Crippen LogP contribution in [0.5, 0.6) is 0 Å². The van der Waals surface area contributed by atoms with Crippen molar-refractivity contribution >= 4 is 6.34 Å². The van der Waals surface area contributed by atoms with Crippen LogP contribution in [-0.4, -0.2) is 42.6 Å². The molecule has 1 aromatic rings. The summed E-state index contributed by atoms with van der Waals surface area (Å²) in [5, 5.41) is 10.2. The maximum atomic E-state index is 10.2. The normalized spacial score (nSPS) is 30.1. The topological polar surface area (TPSA) is 77.1 Å². The van der Waals surface area contributed by atoms with Gasteiger partial charge in [0.05, 0.1) is 19.0 Å². The predicted molar refractivity (Wildman–Crippen MR) is 77.5 cm³/mol. The Morgan fingerprint density at radius 3 is 2.80 bits per heavy atom. The van der Waals surface area contributed by atoms with Crippen molar-refractivity contribution in [3.63, 3.8) is 0 Å². The lowest BCUT2D eigenvalue weighted by Crippen LogP contribution is -2.35. The molecule has 4 atom stereocenters. The Labute approximate surface area is 119 Å². The highest BCUT2D eigenvalue weighted by Gasteiger charge is 2.43. The third kappa shape index (κ3) is 3.56. The number of aliphatic hydroxyl groups excluding tert-OH is 1. The summed E-state index contributed by atoms with van der Waals surface area (Å²) in [7, 11) is 0. The number of aliphatic hydroxyl groups is 1. The van der Waals surface area contributed by atoms with E-state index < -0.39 is 18.4 Å². The van der Waals surface area contributed by atoms with Crippen LogP contribution in [0.2, 0.25) is 0 Å². The zero-order valence-corrected chi connectivity index (χ0v) is 11.7. The zero-order valence-electron chi connectivity index (χ0n) is 11.7. The van der Waals surface area contributed by atoms with Gasteiger partial charge in [-0.25, -0.2) is 4.99 Å². The fourth-order valence-corrected chi connectivity index (χ4v) is 2.40. The minimum Gasteiger partial charge on any atom is -0.390 e. The van der Waals surface area contributed by atoms with Gasteiger partial charge in [-0.1, -0.05) is 37.3 Å². The van der Waals surface area contributed by atoms with E-state index in [1.165, 1.54) is 11.9 Å². The smallest absolute Gasteiger partial charge is 0.179 e. The van der Waals surface area contributed by atoms with E-state index in [-0.39, 0.29) is 6.10 Å². The highest BCUT2D eigenvalue weighted by atomic mass is 16.6. The fourth-order valence-electron chi connectivity index (χ4n) is 2.40. The number of benzene rings is 1. The lowest BCUT2D eigenvalue weighted by Gasteiger charge is -2.18. The monoisotopic (exact) mass is 278 g/mol. The molecule has 110 valence electrons. The van der Waals surface area contributed by atoms with E-state index in [9.17, 15) is 5.11 Å². The number of ether oxygens (including phenoxy) is 2. The van der Waals surface area contributed by atoms with Gasteiger partial charge in [-0.2, -0.15) is 0 Å². The molecule has 0 amide bonds. The maximum absolute atomic E-state index is 10.2. The summed E-state index contributed by atoms with van der Waals surface area (Å²) in [6, 6.07) is 10.1. The molecule has 2 rings (SSSR count). The molecule has 0 spiro atoms. The van der Waals surface area contributed by atoms with Crippen molar-refractivity contribution in [2.45, 2.75) is 44.3 Å². The summed E-state index contributed by atoms with van der Waals surface area (Å²) in [4.78, 5) is 4.02. The lowest BCUT2D eigenvalue weighted by molar-refractivity contribution is -0.0333. The van der Waals surface area contributed by atoms with E-state index in [2.05, 4.69) is 17.1 Å². The number of aliphatic imine (C=N–C) groups is 1. The van der Waals surface area contributed by atoms with Crippen LogP contribution in [0.3, 0.4) is 0 Å². The number of hydrogen-bond acceptors (Lipinski definition) is 4. The van der Waals surface area contributed by atoms with Crippen molar-refractivity contribution in [2.75, 3.05) is 6.61 Å². The zero-order chi connectivity index (χ0) is 14.4. The van der Waals surface area contributed by atoms with Gasteiger partial charge in [0, 0.05) is 0 Å². The van der Waals surface area contributed by atoms with Crippen LogP contribution in [0.25, 0.3) is 0 Å². The minimum absolute atomic E-state index is 0.245. The first-order chi connectivity index (χ1) is 9.76. The van der Waals surface area contributed by atoms with Gasteiger partial charge < -0.3 is 20.3 Å². The van der Waals surface area contributed by atoms with E-state index >= 15 is 0 Å². The Balaban J connectivity index is 1.89. The maximum Gasteiger partial charge on any atom is 0.179 e. The third-order valence-electron chi connectivity index (χ3n) is 3.49. The standard InChI is InChI=1S/C15H22N2O3/c1-2-12-13(18)14(15(20-12)17-10-16)19-9-8-11-6-4-3-5-7-11/h3-7,10,12-15,18H,2,8-9H2,1H3,(H2,16,17). The van der Waals surface area contributed by atoms with Crippen LogP contribution < -0.4 is 5.73 Å². The molecule has 5 nitrogen and oxygen atoms in total. The summed E-state index contributed by atoms with van der Waals surface area (Å²) in [5.41, 5.74) is 6.51. The second-order valence-electron chi connectivity index (χ2n) is 4.83. The molecule has 0 aromatic heterocycles. The Hall–Kier alpha value is -1.43. The van der Waals surface area contributed by atoms with Crippen molar-refractivity contribution in [1.82, 2.24) is 0 Å². The molecule has 1 aromatic carbocycles. The Morgan fingerprint density at radius 1 is 1.40 bits per heavy atom.